The van der Waals surface area contributed by atoms with Crippen LogP contribution >= 0.6 is 28.3 Å². The SMILES string of the molecule is Cc1ccc(CN2CCC(N)C(C)C2)c(Br)c1.Cl. The van der Waals surface area contributed by atoms with Crippen molar-refractivity contribution in [1.29, 1.82) is 0 Å². The maximum absolute atomic E-state index is 6.05. The topological polar surface area (TPSA) is 29.3 Å². The van der Waals surface area contributed by atoms with Crippen LogP contribution in [0.2, 0.25) is 0 Å². The van der Waals surface area contributed by atoms with Crippen LogP contribution in [-0.4, -0.2) is 24.0 Å². The van der Waals surface area contributed by atoms with Gasteiger partial charge in [0, 0.05) is 23.6 Å². The molecule has 102 valence electrons. The molecule has 1 aliphatic rings. The summed E-state index contributed by atoms with van der Waals surface area (Å²) in [5.41, 5.74) is 8.72. The first-order valence-electron chi connectivity index (χ1n) is 6.29. The van der Waals surface area contributed by atoms with E-state index in [4.69, 9.17) is 5.73 Å². The zero-order valence-corrected chi connectivity index (χ0v) is 13.4. The Labute approximate surface area is 124 Å². The first kappa shape index (κ1) is 16.0. The summed E-state index contributed by atoms with van der Waals surface area (Å²) in [6.45, 7) is 7.63. The molecule has 2 N–H and O–H groups in total. The number of nitrogens with zero attached hydrogens (tertiary/aromatic N) is 1. The Balaban J connectivity index is 0.00000162. The molecule has 2 nitrogen and oxygen atoms in total. The van der Waals surface area contributed by atoms with Crippen molar-refractivity contribution in [3.63, 3.8) is 0 Å². The van der Waals surface area contributed by atoms with E-state index >= 15 is 0 Å². The highest BCUT2D eigenvalue weighted by atomic mass is 79.9. The van der Waals surface area contributed by atoms with Crippen molar-refractivity contribution in [1.82, 2.24) is 4.90 Å². The van der Waals surface area contributed by atoms with Crippen LogP contribution in [0.3, 0.4) is 0 Å². The zero-order chi connectivity index (χ0) is 12.4. The lowest BCUT2D eigenvalue weighted by Gasteiger charge is -2.35. The molecule has 0 bridgehead atoms. The van der Waals surface area contributed by atoms with E-state index in [1.165, 1.54) is 15.6 Å². The van der Waals surface area contributed by atoms with Crippen molar-refractivity contribution in [3.05, 3.63) is 33.8 Å². The van der Waals surface area contributed by atoms with Crippen molar-refractivity contribution in [2.75, 3.05) is 13.1 Å². The number of hydrogen-bond acceptors (Lipinski definition) is 2. The molecule has 0 amide bonds. The minimum Gasteiger partial charge on any atom is -0.327 e. The third-order valence-electron chi connectivity index (χ3n) is 3.66. The average Bonchev–Trinajstić information content (AvgIpc) is 2.27. The standard InChI is InChI=1S/C14H21BrN2.ClH/c1-10-3-4-12(13(15)7-10)9-17-6-5-14(16)11(2)8-17;/h3-4,7,11,14H,5-6,8-9,16H2,1-2H3;1H. The van der Waals surface area contributed by atoms with E-state index in [9.17, 15) is 0 Å². The Morgan fingerprint density at radius 3 is 2.78 bits per heavy atom. The highest BCUT2D eigenvalue weighted by Gasteiger charge is 2.23. The van der Waals surface area contributed by atoms with Crippen molar-refractivity contribution in [2.24, 2.45) is 11.7 Å². The van der Waals surface area contributed by atoms with Gasteiger partial charge in [-0.05, 0) is 43.0 Å². The summed E-state index contributed by atoms with van der Waals surface area (Å²) in [5, 5.41) is 0. The van der Waals surface area contributed by atoms with Gasteiger partial charge in [0.25, 0.3) is 0 Å². The molecule has 0 spiro atoms. The summed E-state index contributed by atoms with van der Waals surface area (Å²) in [4.78, 5) is 2.50. The minimum absolute atomic E-state index is 0. The van der Waals surface area contributed by atoms with E-state index < -0.39 is 0 Å². The highest BCUT2D eigenvalue weighted by Crippen LogP contribution is 2.23. The maximum Gasteiger partial charge on any atom is 0.0245 e. The molecule has 18 heavy (non-hydrogen) atoms. The van der Waals surface area contributed by atoms with Gasteiger partial charge in [-0.1, -0.05) is 35.0 Å². The van der Waals surface area contributed by atoms with E-state index in [0.29, 0.717) is 12.0 Å². The van der Waals surface area contributed by atoms with Crippen molar-refractivity contribution in [3.8, 4) is 0 Å². The fourth-order valence-electron chi connectivity index (χ4n) is 2.42. The van der Waals surface area contributed by atoms with Crippen LogP contribution in [-0.2, 0) is 6.54 Å². The molecule has 2 atom stereocenters. The zero-order valence-electron chi connectivity index (χ0n) is 11.0. The second-order valence-electron chi connectivity index (χ2n) is 5.26. The lowest BCUT2D eigenvalue weighted by atomic mass is 9.94. The molecule has 0 aromatic heterocycles. The van der Waals surface area contributed by atoms with Gasteiger partial charge in [0.2, 0.25) is 0 Å². The molecule has 0 aliphatic carbocycles. The molecule has 2 unspecified atom stereocenters. The molecule has 0 radical (unpaired) electrons. The summed E-state index contributed by atoms with van der Waals surface area (Å²) in [5.74, 6) is 0.605. The van der Waals surface area contributed by atoms with Crippen LogP contribution in [0, 0.1) is 12.8 Å². The van der Waals surface area contributed by atoms with Crippen molar-refractivity contribution in [2.45, 2.75) is 32.9 Å². The molecule has 1 aliphatic heterocycles. The van der Waals surface area contributed by atoms with Gasteiger partial charge < -0.3 is 5.73 Å². The predicted molar refractivity (Wildman–Crippen MR) is 83.2 cm³/mol. The van der Waals surface area contributed by atoms with E-state index in [2.05, 4.69) is 52.9 Å². The van der Waals surface area contributed by atoms with Crippen LogP contribution in [0.25, 0.3) is 0 Å². The van der Waals surface area contributed by atoms with Crippen LogP contribution in [0.15, 0.2) is 22.7 Å². The van der Waals surface area contributed by atoms with Crippen LogP contribution in [0.1, 0.15) is 24.5 Å². The van der Waals surface area contributed by atoms with Crippen molar-refractivity contribution >= 4 is 28.3 Å². The molecule has 1 saturated heterocycles. The Morgan fingerprint density at radius 2 is 2.17 bits per heavy atom. The summed E-state index contributed by atoms with van der Waals surface area (Å²) in [6, 6.07) is 6.97. The fraction of sp³-hybridized carbons (Fsp3) is 0.571. The fourth-order valence-corrected chi connectivity index (χ4v) is 3.03. The molecule has 4 heteroatoms. The molecular weight excluding hydrogens is 312 g/mol. The molecule has 1 aromatic rings. The van der Waals surface area contributed by atoms with Gasteiger partial charge in [-0.2, -0.15) is 0 Å². The second kappa shape index (κ2) is 6.90. The number of likely N-dealkylation sites (tertiary alicyclic amines) is 1. The largest absolute Gasteiger partial charge is 0.327 e. The molecular formula is C14H22BrClN2. The Hall–Kier alpha value is -0.0900. The van der Waals surface area contributed by atoms with Gasteiger partial charge in [0.05, 0.1) is 0 Å². The van der Waals surface area contributed by atoms with Crippen molar-refractivity contribution < 1.29 is 0 Å². The molecule has 2 rings (SSSR count). The first-order chi connectivity index (χ1) is 8.06. The maximum atomic E-state index is 6.05. The van der Waals surface area contributed by atoms with Gasteiger partial charge in [-0.25, -0.2) is 0 Å². The Morgan fingerprint density at radius 1 is 1.44 bits per heavy atom. The number of rotatable bonds is 2. The van der Waals surface area contributed by atoms with Crippen LogP contribution in [0.5, 0.6) is 0 Å². The lowest BCUT2D eigenvalue weighted by Crippen LogP contribution is -2.45. The number of benzene rings is 1. The summed E-state index contributed by atoms with van der Waals surface area (Å²) in [7, 11) is 0. The lowest BCUT2D eigenvalue weighted by molar-refractivity contribution is 0.157. The molecule has 1 heterocycles. The normalized spacial score (nSPS) is 24.7. The van der Waals surface area contributed by atoms with E-state index in [1.54, 1.807) is 0 Å². The van der Waals surface area contributed by atoms with Crippen LogP contribution in [0.4, 0.5) is 0 Å². The minimum atomic E-state index is 0. The molecule has 1 aromatic carbocycles. The second-order valence-corrected chi connectivity index (χ2v) is 6.11. The van der Waals surface area contributed by atoms with E-state index in [0.717, 1.165) is 26.1 Å². The molecule has 1 fully saturated rings. The van der Waals surface area contributed by atoms with Gasteiger partial charge in [-0.15, -0.1) is 12.4 Å². The van der Waals surface area contributed by atoms with E-state index in [-0.39, 0.29) is 12.4 Å². The number of nitrogens with two attached hydrogens (primary N) is 1. The third kappa shape index (κ3) is 3.95. The van der Waals surface area contributed by atoms with Gasteiger partial charge >= 0.3 is 0 Å². The summed E-state index contributed by atoms with van der Waals surface area (Å²) in [6.07, 6.45) is 1.12. The Bertz CT molecular complexity index is 397. The monoisotopic (exact) mass is 332 g/mol. The predicted octanol–water partition coefficient (Wildman–Crippen LogP) is 3.35. The summed E-state index contributed by atoms with van der Waals surface area (Å²) < 4.78 is 1.22. The van der Waals surface area contributed by atoms with Crippen LogP contribution < -0.4 is 5.73 Å². The Kier molecular flexibility index (Phi) is 6.12. The smallest absolute Gasteiger partial charge is 0.0245 e. The number of halogens is 2. The molecule has 0 saturated carbocycles. The third-order valence-corrected chi connectivity index (χ3v) is 4.40. The highest BCUT2D eigenvalue weighted by molar-refractivity contribution is 9.10. The first-order valence-corrected chi connectivity index (χ1v) is 7.08. The van der Waals surface area contributed by atoms with E-state index in [1.807, 2.05) is 0 Å². The quantitative estimate of drug-likeness (QED) is 0.899. The van der Waals surface area contributed by atoms with Gasteiger partial charge in [0.15, 0.2) is 0 Å². The average molecular weight is 334 g/mol. The number of piperidine rings is 1. The number of hydrogen-bond donors (Lipinski definition) is 1. The summed E-state index contributed by atoms with van der Waals surface area (Å²) >= 11 is 3.65. The number of aryl methyl sites for hydroxylation is 1. The van der Waals surface area contributed by atoms with Gasteiger partial charge in [0.1, 0.15) is 0 Å². The van der Waals surface area contributed by atoms with Gasteiger partial charge in [-0.3, -0.25) is 4.90 Å².